The Hall–Kier alpha value is -3.68. The molecule has 1 saturated carbocycles. The Morgan fingerprint density at radius 1 is 0.971 bits per heavy atom. The Morgan fingerprint density at radius 2 is 1.71 bits per heavy atom. The van der Waals surface area contributed by atoms with Gasteiger partial charge in [0.2, 0.25) is 12.7 Å². The third-order valence-electron chi connectivity index (χ3n) is 6.48. The average molecular weight is 478 g/mol. The summed E-state index contributed by atoms with van der Waals surface area (Å²) in [5, 5.41) is 6.95. The van der Waals surface area contributed by atoms with Crippen LogP contribution >= 0.6 is 0 Å². The molecule has 0 saturated heterocycles. The molecule has 1 fully saturated rings. The molecule has 0 spiro atoms. The highest BCUT2D eigenvalue weighted by Gasteiger charge is 2.51. The number of carbonyl (C=O) groups is 2. The van der Waals surface area contributed by atoms with Crippen molar-refractivity contribution >= 4 is 28.6 Å². The van der Waals surface area contributed by atoms with Crippen LogP contribution in [-0.2, 0) is 20.5 Å². The highest BCUT2D eigenvalue weighted by atomic mass is 16.7. The molecule has 1 aliphatic heterocycles. The lowest BCUT2D eigenvalue weighted by Crippen LogP contribution is -2.44. The molecule has 8 heteroatoms. The number of aromatic amines is 1. The van der Waals surface area contributed by atoms with Crippen LogP contribution in [0.2, 0.25) is 0 Å². The normalized spacial score (nSPS) is 16.1. The van der Waals surface area contributed by atoms with Crippen LogP contribution in [0.25, 0.3) is 10.9 Å². The fraction of sp³-hybridized carbons (Fsp3) is 0.407. The van der Waals surface area contributed by atoms with E-state index in [1.54, 1.807) is 0 Å². The van der Waals surface area contributed by atoms with Gasteiger partial charge >= 0.3 is 6.09 Å². The van der Waals surface area contributed by atoms with Crippen molar-refractivity contribution in [3.05, 3.63) is 53.7 Å². The first-order chi connectivity index (χ1) is 16.5. The second-order valence-corrected chi connectivity index (χ2v) is 10.8. The quantitative estimate of drug-likeness (QED) is 0.461. The van der Waals surface area contributed by atoms with Gasteiger partial charge in [-0.3, -0.25) is 4.79 Å². The van der Waals surface area contributed by atoms with Crippen molar-refractivity contribution < 1.29 is 23.8 Å². The smallest absolute Gasteiger partial charge is 0.408 e. The van der Waals surface area contributed by atoms with Crippen molar-refractivity contribution in [1.29, 1.82) is 0 Å². The number of anilines is 1. The maximum atomic E-state index is 13.3. The number of H-pyrrole nitrogens is 1. The molecule has 0 radical (unpaired) electrons. The largest absolute Gasteiger partial charge is 0.454 e. The van der Waals surface area contributed by atoms with Crippen molar-refractivity contribution in [3.63, 3.8) is 0 Å². The molecule has 5 rings (SSSR count). The zero-order chi connectivity index (χ0) is 25.0. The summed E-state index contributed by atoms with van der Waals surface area (Å²) in [4.78, 5) is 29.0. The van der Waals surface area contributed by atoms with Crippen molar-refractivity contribution in [2.45, 2.75) is 64.0 Å². The van der Waals surface area contributed by atoms with Gasteiger partial charge < -0.3 is 29.8 Å². The number of alkyl carbamates (subject to hydrolysis) is 1. The average Bonchev–Trinajstić information content (AvgIpc) is 3.23. The first-order valence-electron chi connectivity index (χ1n) is 11.8. The van der Waals surface area contributed by atoms with E-state index >= 15 is 0 Å². The maximum Gasteiger partial charge on any atom is 0.408 e. The number of aromatic nitrogens is 1. The molecule has 184 valence electrons. The van der Waals surface area contributed by atoms with Gasteiger partial charge in [0.15, 0.2) is 11.5 Å². The van der Waals surface area contributed by atoms with Gasteiger partial charge in [0.1, 0.15) is 5.60 Å². The van der Waals surface area contributed by atoms with E-state index in [0.717, 1.165) is 40.7 Å². The number of carbonyl (C=O) groups excluding carboxylic acids is 2. The minimum absolute atomic E-state index is 0.0293. The Morgan fingerprint density at radius 3 is 2.43 bits per heavy atom. The standard InChI is InChI=1S/C27H31N3O5/c1-25(2,3)35-24(32)30-26(4,5)22-13-16-12-18(7-8-19(16)29-22)28-23(31)27(10-11-27)17-6-9-20-21(14-17)34-15-33-20/h6-9,12-14,29H,10-11,15H2,1-5H3,(H,28,31)(H,30,32). The van der Waals surface area contributed by atoms with Gasteiger partial charge in [-0.15, -0.1) is 0 Å². The molecule has 2 aliphatic rings. The summed E-state index contributed by atoms with van der Waals surface area (Å²) in [6, 6.07) is 13.4. The number of amides is 2. The van der Waals surface area contributed by atoms with Crippen LogP contribution in [0.3, 0.4) is 0 Å². The highest BCUT2D eigenvalue weighted by molar-refractivity contribution is 6.02. The summed E-state index contributed by atoms with van der Waals surface area (Å²) in [6.45, 7) is 9.52. The topological polar surface area (TPSA) is 102 Å². The first kappa shape index (κ1) is 23.1. The number of hydrogen-bond donors (Lipinski definition) is 3. The number of hydrogen-bond acceptors (Lipinski definition) is 5. The summed E-state index contributed by atoms with van der Waals surface area (Å²) in [5.41, 5.74) is 1.61. The molecule has 0 unspecified atom stereocenters. The maximum absolute atomic E-state index is 13.3. The molecule has 2 aromatic carbocycles. The fourth-order valence-corrected chi connectivity index (χ4v) is 4.39. The molecule has 3 N–H and O–H groups in total. The van der Waals surface area contributed by atoms with E-state index < -0.39 is 22.6 Å². The summed E-state index contributed by atoms with van der Waals surface area (Å²) >= 11 is 0. The van der Waals surface area contributed by atoms with Crippen molar-refractivity contribution in [3.8, 4) is 11.5 Å². The highest BCUT2D eigenvalue weighted by Crippen LogP contribution is 2.51. The lowest BCUT2D eigenvalue weighted by atomic mass is 9.94. The van der Waals surface area contributed by atoms with Gasteiger partial charge in [0.05, 0.1) is 11.0 Å². The number of ether oxygens (including phenoxy) is 3. The van der Waals surface area contributed by atoms with E-state index in [0.29, 0.717) is 11.5 Å². The zero-order valence-corrected chi connectivity index (χ0v) is 20.7. The third kappa shape index (κ3) is 4.52. The van der Waals surface area contributed by atoms with Crippen LogP contribution in [0.5, 0.6) is 11.5 Å². The fourth-order valence-electron chi connectivity index (χ4n) is 4.39. The second kappa shape index (κ2) is 7.93. The predicted octanol–water partition coefficient (Wildman–Crippen LogP) is 5.33. The lowest BCUT2D eigenvalue weighted by molar-refractivity contribution is -0.118. The number of nitrogens with one attached hydrogen (secondary N) is 3. The van der Waals surface area contributed by atoms with Crippen LogP contribution in [-0.4, -0.2) is 29.4 Å². The molecule has 1 aromatic heterocycles. The molecular formula is C27H31N3O5. The van der Waals surface area contributed by atoms with E-state index in [2.05, 4.69) is 15.6 Å². The van der Waals surface area contributed by atoms with Crippen LogP contribution in [0.4, 0.5) is 10.5 Å². The molecule has 2 amide bonds. The summed E-state index contributed by atoms with van der Waals surface area (Å²) in [7, 11) is 0. The van der Waals surface area contributed by atoms with Crippen LogP contribution in [0, 0.1) is 0 Å². The van der Waals surface area contributed by atoms with Crippen LogP contribution in [0.15, 0.2) is 42.5 Å². The molecule has 3 aromatic rings. The minimum Gasteiger partial charge on any atom is -0.454 e. The van der Waals surface area contributed by atoms with Gasteiger partial charge in [-0.1, -0.05) is 6.07 Å². The number of fused-ring (bicyclic) bond motifs is 2. The molecule has 8 nitrogen and oxygen atoms in total. The Labute approximate surface area is 204 Å². The number of benzene rings is 2. The Bertz CT molecular complexity index is 1310. The summed E-state index contributed by atoms with van der Waals surface area (Å²) < 4.78 is 16.3. The molecule has 35 heavy (non-hydrogen) atoms. The van der Waals surface area contributed by atoms with E-state index in [1.165, 1.54) is 0 Å². The SMILES string of the molecule is CC(C)(C)OC(=O)NC(C)(C)c1cc2cc(NC(=O)C3(c4ccc5c(c4)OCO5)CC3)ccc2[nH]1. The summed E-state index contributed by atoms with van der Waals surface area (Å²) in [5.74, 6) is 1.37. The lowest BCUT2D eigenvalue weighted by Gasteiger charge is -2.28. The van der Waals surface area contributed by atoms with Crippen molar-refractivity contribution in [1.82, 2.24) is 10.3 Å². The van der Waals surface area contributed by atoms with E-state index in [9.17, 15) is 9.59 Å². The molecule has 0 bridgehead atoms. The van der Waals surface area contributed by atoms with Gasteiger partial charge in [-0.05, 0) is 89.4 Å². The summed E-state index contributed by atoms with van der Waals surface area (Å²) in [6.07, 6.45) is 1.10. The minimum atomic E-state index is -0.678. The molecular weight excluding hydrogens is 446 g/mol. The van der Waals surface area contributed by atoms with Crippen LogP contribution in [0.1, 0.15) is 58.7 Å². The van der Waals surface area contributed by atoms with Gasteiger partial charge in [-0.2, -0.15) is 0 Å². The van der Waals surface area contributed by atoms with Gasteiger partial charge in [-0.25, -0.2) is 4.79 Å². The van der Waals surface area contributed by atoms with Crippen molar-refractivity contribution in [2.24, 2.45) is 0 Å². The molecule has 0 atom stereocenters. The third-order valence-corrected chi connectivity index (χ3v) is 6.48. The van der Waals surface area contributed by atoms with Gasteiger partial charge in [0.25, 0.3) is 0 Å². The molecule has 1 aliphatic carbocycles. The Balaban J connectivity index is 1.32. The second-order valence-electron chi connectivity index (χ2n) is 10.8. The van der Waals surface area contributed by atoms with Gasteiger partial charge in [0, 0.05) is 22.3 Å². The van der Waals surface area contributed by atoms with E-state index in [1.807, 2.05) is 77.1 Å². The van der Waals surface area contributed by atoms with E-state index in [4.69, 9.17) is 14.2 Å². The number of rotatable bonds is 5. The Kier molecular flexibility index (Phi) is 5.23. The monoisotopic (exact) mass is 477 g/mol. The molecule has 2 heterocycles. The first-order valence-corrected chi connectivity index (χ1v) is 11.8. The van der Waals surface area contributed by atoms with Crippen LogP contribution < -0.4 is 20.1 Å². The predicted molar refractivity (Wildman–Crippen MR) is 133 cm³/mol. The van der Waals surface area contributed by atoms with E-state index in [-0.39, 0.29) is 12.7 Å². The zero-order valence-electron chi connectivity index (χ0n) is 20.7. The van der Waals surface area contributed by atoms with Crippen molar-refractivity contribution in [2.75, 3.05) is 12.1 Å².